The van der Waals surface area contributed by atoms with Crippen LogP contribution >= 0.6 is 0 Å². The zero-order valence-corrected chi connectivity index (χ0v) is 19.6. The first kappa shape index (κ1) is 24.0. The van der Waals surface area contributed by atoms with Gasteiger partial charge in [0.2, 0.25) is 5.95 Å². The molecule has 1 aromatic heterocycles. The lowest BCUT2D eigenvalue weighted by molar-refractivity contribution is -0.141. The standard InChI is InChI=1S/C24H29F3N6O/c1-33(2)20(32-29-16-17-6-4-5-7-18(17)34-3)22-9-12-23(13-10-22,14-11-22)31-21-28-15-8-19(30-21)24(25,26)27/h4-8,15-16H,9-14H2,1-3H3,(H,28,30,31)/b29-16+,32-20-. The smallest absolute Gasteiger partial charge is 0.433 e. The molecule has 34 heavy (non-hydrogen) atoms. The molecule has 2 bridgehead atoms. The van der Waals surface area contributed by atoms with E-state index >= 15 is 0 Å². The topological polar surface area (TPSA) is 75.0 Å². The van der Waals surface area contributed by atoms with E-state index in [4.69, 9.17) is 4.74 Å². The second kappa shape index (κ2) is 9.23. The van der Waals surface area contributed by atoms with Gasteiger partial charge in [-0.15, -0.1) is 5.10 Å². The molecule has 5 rings (SSSR count). The third-order valence-electron chi connectivity index (χ3n) is 6.96. The number of aromatic nitrogens is 2. The molecular weight excluding hydrogens is 445 g/mol. The van der Waals surface area contributed by atoms with Crippen molar-refractivity contribution in [2.24, 2.45) is 15.6 Å². The molecular formula is C24H29F3N6O. The summed E-state index contributed by atoms with van der Waals surface area (Å²) >= 11 is 0. The zero-order valence-electron chi connectivity index (χ0n) is 19.6. The molecule has 3 aliphatic carbocycles. The van der Waals surface area contributed by atoms with Crippen LogP contribution in [-0.2, 0) is 6.18 Å². The monoisotopic (exact) mass is 474 g/mol. The molecule has 0 unspecified atom stereocenters. The molecule has 3 aliphatic rings. The predicted molar refractivity (Wildman–Crippen MR) is 125 cm³/mol. The Bertz CT molecular complexity index is 1060. The highest BCUT2D eigenvalue weighted by molar-refractivity contribution is 5.90. The normalized spacial score (nSPS) is 24.9. The lowest BCUT2D eigenvalue weighted by Gasteiger charge is -2.54. The zero-order chi connectivity index (χ0) is 24.4. The van der Waals surface area contributed by atoms with Crippen LogP contribution in [0.15, 0.2) is 46.7 Å². The van der Waals surface area contributed by atoms with Crippen molar-refractivity contribution in [3.8, 4) is 5.75 Å². The summed E-state index contributed by atoms with van der Waals surface area (Å²) in [6, 6.07) is 8.50. The van der Waals surface area contributed by atoms with Crippen molar-refractivity contribution in [3.05, 3.63) is 47.8 Å². The van der Waals surface area contributed by atoms with Crippen LogP contribution in [0.25, 0.3) is 0 Å². The van der Waals surface area contributed by atoms with E-state index in [2.05, 4.69) is 25.5 Å². The van der Waals surface area contributed by atoms with E-state index in [0.29, 0.717) is 0 Å². The molecule has 0 spiro atoms. The summed E-state index contributed by atoms with van der Waals surface area (Å²) in [5, 5.41) is 12.2. The Morgan fingerprint density at radius 3 is 2.38 bits per heavy atom. The molecule has 7 nitrogen and oxygen atoms in total. The molecule has 0 saturated heterocycles. The number of methoxy groups -OCH3 is 1. The lowest BCUT2D eigenvalue weighted by atomic mass is 9.56. The fourth-order valence-electron chi connectivity index (χ4n) is 5.11. The lowest BCUT2D eigenvalue weighted by Crippen LogP contribution is -2.55. The highest BCUT2D eigenvalue weighted by Crippen LogP contribution is 2.54. The van der Waals surface area contributed by atoms with E-state index in [1.54, 1.807) is 13.3 Å². The number of amidine groups is 1. The number of nitrogens with one attached hydrogen (secondary N) is 1. The van der Waals surface area contributed by atoms with Crippen molar-refractivity contribution < 1.29 is 17.9 Å². The van der Waals surface area contributed by atoms with Gasteiger partial charge in [-0.3, -0.25) is 0 Å². The molecule has 182 valence electrons. The summed E-state index contributed by atoms with van der Waals surface area (Å²) < 4.78 is 44.5. The largest absolute Gasteiger partial charge is 0.496 e. The average molecular weight is 475 g/mol. The Kier molecular flexibility index (Phi) is 6.51. The van der Waals surface area contributed by atoms with E-state index in [9.17, 15) is 13.2 Å². The van der Waals surface area contributed by atoms with E-state index in [-0.39, 0.29) is 16.9 Å². The molecule has 0 radical (unpaired) electrons. The molecule has 0 atom stereocenters. The van der Waals surface area contributed by atoms with Gasteiger partial charge in [0.1, 0.15) is 17.3 Å². The van der Waals surface area contributed by atoms with Crippen LogP contribution in [0, 0.1) is 5.41 Å². The molecule has 0 amide bonds. The molecule has 1 aromatic carbocycles. The maximum Gasteiger partial charge on any atom is 0.433 e. The summed E-state index contributed by atoms with van der Waals surface area (Å²) in [6.07, 6.45) is 3.34. The minimum absolute atomic E-state index is 0.0344. The van der Waals surface area contributed by atoms with Crippen LogP contribution in [0.1, 0.15) is 49.8 Å². The minimum atomic E-state index is -4.49. The summed E-state index contributed by atoms with van der Waals surface area (Å²) in [5.41, 5.74) is -0.498. The number of halogens is 3. The number of anilines is 1. The first-order valence-electron chi connectivity index (χ1n) is 11.3. The van der Waals surface area contributed by atoms with Crippen molar-refractivity contribution >= 4 is 18.0 Å². The second-order valence-electron chi connectivity index (χ2n) is 9.25. The van der Waals surface area contributed by atoms with Crippen LogP contribution in [0.3, 0.4) is 0 Å². The SMILES string of the molecule is COc1ccccc1/C=N/N=C(\N(C)C)C12CCC(Nc3nccc(C(F)(F)F)n3)(CC1)CC2. The molecule has 2 aromatic rings. The van der Waals surface area contributed by atoms with Gasteiger partial charge >= 0.3 is 6.18 Å². The number of hydrogen-bond donors (Lipinski definition) is 1. The van der Waals surface area contributed by atoms with E-state index in [0.717, 1.165) is 67.9 Å². The minimum Gasteiger partial charge on any atom is -0.496 e. The molecule has 10 heteroatoms. The number of nitrogens with zero attached hydrogens (tertiary/aromatic N) is 5. The predicted octanol–water partition coefficient (Wildman–Crippen LogP) is 5.00. The van der Waals surface area contributed by atoms with Gasteiger partial charge in [0, 0.05) is 36.8 Å². The fraction of sp³-hybridized carbons (Fsp3) is 0.500. The van der Waals surface area contributed by atoms with Crippen molar-refractivity contribution in [2.75, 3.05) is 26.5 Å². The number of ether oxygens (including phenoxy) is 1. The van der Waals surface area contributed by atoms with Crippen LogP contribution in [-0.4, -0.2) is 53.7 Å². The first-order valence-corrected chi connectivity index (χ1v) is 11.3. The summed E-state index contributed by atoms with van der Waals surface area (Å²) in [5.74, 6) is 1.68. The van der Waals surface area contributed by atoms with Gasteiger partial charge in [-0.2, -0.15) is 18.3 Å². The van der Waals surface area contributed by atoms with Crippen LogP contribution in [0.4, 0.5) is 19.1 Å². The highest BCUT2D eigenvalue weighted by Gasteiger charge is 2.52. The van der Waals surface area contributed by atoms with Crippen molar-refractivity contribution in [2.45, 2.75) is 50.2 Å². The second-order valence-corrected chi connectivity index (χ2v) is 9.25. The molecule has 0 aliphatic heterocycles. The van der Waals surface area contributed by atoms with Gasteiger partial charge in [-0.25, -0.2) is 9.97 Å². The molecule has 3 saturated carbocycles. The summed E-state index contributed by atoms with van der Waals surface area (Å²) in [7, 11) is 5.56. The third kappa shape index (κ3) is 4.85. The first-order chi connectivity index (χ1) is 16.2. The Hall–Kier alpha value is -3.17. The average Bonchev–Trinajstić information content (AvgIpc) is 2.82. The van der Waals surface area contributed by atoms with Crippen LogP contribution in [0.5, 0.6) is 5.75 Å². The van der Waals surface area contributed by atoms with Crippen molar-refractivity contribution in [3.63, 3.8) is 0 Å². The fourth-order valence-corrected chi connectivity index (χ4v) is 5.11. The van der Waals surface area contributed by atoms with Gasteiger partial charge in [0.05, 0.1) is 13.3 Å². The van der Waals surface area contributed by atoms with Gasteiger partial charge in [0.15, 0.2) is 0 Å². The Morgan fingerprint density at radius 2 is 1.76 bits per heavy atom. The maximum atomic E-state index is 13.0. The van der Waals surface area contributed by atoms with Gasteiger partial charge in [-0.1, -0.05) is 12.1 Å². The van der Waals surface area contributed by atoms with E-state index in [1.807, 2.05) is 43.3 Å². The van der Waals surface area contributed by atoms with Gasteiger partial charge in [0.25, 0.3) is 0 Å². The Labute approximate surface area is 197 Å². The van der Waals surface area contributed by atoms with Crippen molar-refractivity contribution in [1.29, 1.82) is 0 Å². The van der Waals surface area contributed by atoms with Crippen LogP contribution < -0.4 is 10.1 Å². The number of fused-ring (bicyclic) bond motifs is 3. The van der Waals surface area contributed by atoms with Crippen molar-refractivity contribution in [1.82, 2.24) is 14.9 Å². The number of rotatable bonds is 6. The van der Waals surface area contributed by atoms with Gasteiger partial charge < -0.3 is 15.0 Å². The quantitative estimate of drug-likeness (QED) is 0.362. The number of para-hydroxylation sites is 1. The summed E-state index contributed by atoms with van der Waals surface area (Å²) in [6.45, 7) is 0. The number of alkyl halides is 3. The van der Waals surface area contributed by atoms with Gasteiger partial charge in [-0.05, 0) is 56.7 Å². The van der Waals surface area contributed by atoms with E-state index in [1.165, 1.54) is 0 Å². The highest BCUT2D eigenvalue weighted by atomic mass is 19.4. The Morgan fingerprint density at radius 1 is 1.09 bits per heavy atom. The third-order valence-corrected chi connectivity index (χ3v) is 6.96. The molecule has 1 heterocycles. The molecule has 3 fully saturated rings. The number of hydrogen-bond acceptors (Lipinski definition) is 6. The molecule has 1 N–H and O–H groups in total. The van der Waals surface area contributed by atoms with E-state index < -0.39 is 11.9 Å². The number of benzene rings is 1. The van der Waals surface area contributed by atoms with Crippen LogP contribution in [0.2, 0.25) is 0 Å². The Balaban J connectivity index is 1.50. The summed E-state index contributed by atoms with van der Waals surface area (Å²) in [4.78, 5) is 9.76. The maximum absolute atomic E-state index is 13.0.